The summed E-state index contributed by atoms with van der Waals surface area (Å²) in [6.07, 6.45) is 1.65. The molecule has 0 saturated carbocycles. The molecule has 96 valence electrons. The van der Waals surface area contributed by atoms with Gasteiger partial charge in [-0.1, -0.05) is 15.9 Å². The van der Waals surface area contributed by atoms with E-state index in [1.54, 1.807) is 6.33 Å². The van der Waals surface area contributed by atoms with Crippen molar-refractivity contribution in [3.05, 3.63) is 12.2 Å². The smallest absolute Gasteiger partial charge is 0.140 e. The van der Waals surface area contributed by atoms with Gasteiger partial charge in [-0.3, -0.25) is 9.80 Å². The number of rotatable bonds is 5. The lowest BCUT2D eigenvalue weighted by molar-refractivity contribution is 0.129. The van der Waals surface area contributed by atoms with Gasteiger partial charge in [0.25, 0.3) is 0 Å². The van der Waals surface area contributed by atoms with Gasteiger partial charge in [0.2, 0.25) is 0 Å². The number of alkyl halides is 1. The maximum Gasteiger partial charge on any atom is 0.140 e. The minimum atomic E-state index is 0.902. The van der Waals surface area contributed by atoms with Gasteiger partial charge in [-0.05, 0) is 6.92 Å². The molecule has 0 radical (unpaired) electrons. The van der Waals surface area contributed by atoms with E-state index in [2.05, 4.69) is 42.7 Å². The fourth-order valence-electron chi connectivity index (χ4n) is 2.17. The van der Waals surface area contributed by atoms with E-state index in [-0.39, 0.29) is 0 Å². The van der Waals surface area contributed by atoms with Crippen molar-refractivity contribution in [2.24, 2.45) is 0 Å². The van der Waals surface area contributed by atoms with Crippen LogP contribution in [-0.4, -0.2) is 62.6 Å². The molecule has 0 bridgehead atoms. The van der Waals surface area contributed by atoms with Crippen molar-refractivity contribution < 1.29 is 0 Å². The molecule has 1 aromatic rings. The molecule has 5 nitrogen and oxygen atoms in total. The molecule has 1 aliphatic heterocycles. The molecular weight excluding hydrogens is 282 g/mol. The molecule has 0 aliphatic carbocycles. The summed E-state index contributed by atoms with van der Waals surface area (Å²) >= 11 is 3.49. The Morgan fingerprint density at radius 3 is 2.59 bits per heavy atom. The number of aromatic nitrogens is 3. The molecule has 1 fully saturated rings. The summed E-state index contributed by atoms with van der Waals surface area (Å²) in [4.78, 5) is 9.28. The molecule has 2 rings (SSSR count). The van der Waals surface area contributed by atoms with Gasteiger partial charge in [-0.2, -0.15) is 5.10 Å². The van der Waals surface area contributed by atoms with Crippen LogP contribution in [0.15, 0.2) is 6.33 Å². The van der Waals surface area contributed by atoms with Crippen LogP contribution in [0.1, 0.15) is 12.7 Å². The fourth-order valence-corrected chi connectivity index (χ4v) is 2.67. The second-order valence-corrected chi connectivity index (χ2v) is 5.09. The first-order valence-corrected chi connectivity index (χ1v) is 7.33. The Morgan fingerprint density at radius 1 is 1.24 bits per heavy atom. The van der Waals surface area contributed by atoms with Crippen LogP contribution in [0.4, 0.5) is 0 Å². The molecule has 0 spiro atoms. The molecule has 0 atom stereocenters. The Balaban J connectivity index is 1.82. The molecule has 0 unspecified atom stereocenters. The van der Waals surface area contributed by atoms with Crippen molar-refractivity contribution in [2.75, 3.05) is 38.1 Å². The van der Waals surface area contributed by atoms with E-state index in [4.69, 9.17) is 0 Å². The second-order valence-electron chi connectivity index (χ2n) is 4.30. The quantitative estimate of drug-likeness (QED) is 0.755. The van der Waals surface area contributed by atoms with Crippen molar-refractivity contribution >= 4 is 15.9 Å². The van der Waals surface area contributed by atoms with E-state index in [0.717, 1.165) is 57.0 Å². The molecule has 0 amide bonds. The van der Waals surface area contributed by atoms with Crippen LogP contribution in [0.25, 0.3) is 0 Å². The monoisotopic (exact) mass is 301 g/mol. The Labute approximate surface area is 111 Å². The lowest BCUT2D eigenvalue weighted by Gasteiger charge is -2.34. The Bertz CT molecular complexity index is 332. The number of halogens is 1. The molecule has 1 aliphatic rings. The van der Waals surface area contributed by atoms with Gasteiger partial charge in [0.15, 0.2) is 0 Å². The number of aryl methyl sites for hydroxylation is 1. The van der Waals surface area contributed by atoms with Gasteiger partial charge in [0.1, 0.15) is 12.2 Å². The average molecular weight is 302 g/mol. The van der Waals surface area contributed by atoms with Crippen LogP contribution in [0.5, 0.6) is 0 Å². The average Bonchev–Trinajstić information content (AvgIpc) is 2.79. The number of nitrogens with zero attached hydrogens (tertiary/aromatic N) is 5. The van der Waals surface area contributed by atoms with Crippen LogP contribution in [0.2, 0.25) is 0 Å². The Kier molecular flexibility index (Phi) is 4.94. The van der Waals surface area contributed by atoms with E-state index >= 15 is 0 Å². The SMILES string of the molecule is CCn1ncnc1CN1CCN(CCBr)CC1. The molecule has 17 heavy (non-hydrogen) atoms. The first-order chi connectivity index (χ1) is 8.33. The predicted molar refractivity (Wildman–Crippen MR) is 71.2 cm³/mol. The first-order valence-electron chi connectivity index (χ1n) is 6.21. The first kappa shape index (κ1) is 13.0. The maximum absolute atomic E-state index is 4.33. The number of piperazine rings is 1. The van der Waals surface area contributed by atoms with Crippen LogP contribution in [0, 0.1) is 0 Å². The van der Waals surface area contributed by atoms with Crippen molar-refractivity contribution in [1.29, 1.82) is 0 Å². The molecule has 2 heterocycles. The van der Waals surface area contributed by atoms with E-state index in [0.29, 0.717) is 0 Å². The summed E-state index contributed by atoms with van der Waals surface area (Å²) in [5.74, 6) is 1.08. The zero-order valence-corrected chi connectivity index (χ0v) is 11.9. The molecule has 0 aromatic carbocycles. The van der Waals surface area contributed by atoms with Gasteiger partial charge < -0.3 is 0 Å². The van der Waals surface area contributed by atoms with Crippen LogP contribution in [0.3, 0.4) is 0 Å². The molecule has 0 N–H and O–H groups in total. The van der Waals surface area contributed by atoms with Crippen molar-refractivity contribution in [1.82, 2.24) is 24.6 Å². The highest BCUT2D eigenvalue weighted by Gasteiger charge is 2.17. The largest absolute Gasteiger partial charge is 0.300 e. The zero-order valence-electron chi connectivity index (χ0n) is 10.3. The summed E-state index contributed by atoms with van der Waals surface area (Å²) in [6, 6.07) is 0. The Morgan fingerprint density at radius 2 is 1.94 bits per heavy atom. The summed E-state index contributed by atoms with van der Waals surface area (Å²) in [5.41, 5.74) is 0. The van der Waals surface area contributed by atoms with E-state index in [1.165, 1.54) is 0 Å². The van der Waals surface area contributed by atoms with Gasteiger partial charge in [0, 0.05) is 44.6 Å². The third-order valence-corrected chi connectivity index (χ3v) is 3.58. The zero-order chi connectivity index (χ0) is 12.1. The third-order valence-electron chi connectivity index (χ3n) is 3.23. The minimum absolute atomic E-state index is 0.902. The highest BCUT2D eigenvalue weighted by molar-refractivity contribution is 9.09. The van der Waals surface area contributed by atoms with E-state index in [9.17, 15) is 0 Å². The number of hydrogen-bond donors (Lipinski definition) is 0. The lowest BCUT2D eigenvalue weighted by atomic mass is 10.3. The molecular formula is C11H20BrN5. The second kappa shape index (κ2) is 6.47. The molecule has 1 aromatic heterocycles. The maximum atomic E-state index is 4.33. The van der Waals surface area contributed by atoms with E-state index < -0.39 is 0 Å². The highest BCUT2D eigenvalue weighted by Crippen LogP contribution is 2.06. The summed E-state index contributed by atoms with van der Waals surface area (Å²) in [6.45, 7) is 9.66. The summed E-state index contributed by atoms with van der Waals surface area (Å²) in [5, 5.41) is 5.27. The van der Waals surface area contributed by atoms with Crippen LogP contribution in [-0.2, 0) is 13.1 Å². The lowest BCUT2D eigenvalue weighted by Crippen LogP contribution is -2.46. The molecule has 6 heteroatoms. The topological polar surface area (TPSA) is 37.2 Å². The van der Waals surface area contributed by atoms with Crippen molar-refractivity contribution in [3.8, 4) is 0 Å². The fraction of sp³-hybridized carbons (Fsp3) is 0.818. The van der Waals surface area contributed by atoms with Crippen LogP contribution < -0.4 is 0 Å². The standard InChI is InChI=1S/C11H20BrN5/c1-2-17-11(13-10-14-17)9-16-7-5-15(4-3-12)6-8-16/h10H,2-9H2,1H3. The highest BCUT2D eigenvalue weighted by atomic mass is 79.9. The molecule has 1 saturated heterocycles. The summed E-state index contributed by atoms with van der Waals surface area (Å²) in [7, 11) is 0. The normalized spacial score (nSPS) is 18.7. The third kappa shape index (κ3) is 3.50. The van der Waals surface area contributed by atoms with Gasteiger partial charge in [0.05, 0.1) is 6.54 Å². The van der Waals surface area contributed by atoms with Gasteiger partial charge in [-0.15, -0.1) is 0 Å². The van der Waals surface area contributed by atoms with Gasteiger partial charge >= 0.3 is 0 Å². The number of hydrogen-bond acceptors (Lipinski definition) is 4. The van der Waals surface area contributed by atoms with Gasteiger partial charge in [-0.25, -0.2) is 9.67 Å². The predicted octanol–water partition coefficient (Wildman–Crippen LogP) is 0.811. The Hall–Kier alpha value is -0.460. The van der Waals surface area contributed by atoms with Crippen molar-refractivity contribution in [3.63, 3.8) is 0 Å². The minimum Gasteiger partial charge on any atom is -0.300 e. The van der Waals surface area contributed by atoms with Crippen molar-refractivity contribution in [2.45, 2.75) is 20.0 Å². The van der Waals surface area contributed by atoms with E-state index in [1.807, 2.05) is 4.68 Å². The summed E-state index contributed by atoms with van der Waals surface area (Å²) < 4.78 is 1.98. The van der Waals surface area contributed by atoms with Crippen LogP contribution >= 0.6 is 15.9 Å².